The number of hydrogen-bond acceptors (Lipinski definition) is 8. The fraction of sp³-hybridized carbons (Fsp3) is 0.192. The van der Waals surface area contributed by atoms with Crippen LogP contribution in [0.15, 0.2) is 48.5 Å². The predicted molar refractivity (Wildman–Crippen MR) is 140 cm³/mol. The molecule has 4 aromatic rings. The van der Waals surface area contributed by atoms with E-state index in [9.17, 15) is 24.0 Å². The van der Waals surface area contributed by atoms with Gasteiger partial charge in [-0.15, -0.1) is 22.7 Å². The highest BCUT2D eigenvalue weighted by molar-refractivity contribution is 7.21. The van der Waals surface area contributed by atoms with Crippen LogP contribution in [0.3, 0.4) is 0 Å². The van der Waals surface area contributed by atoms with E-state index in [4.69, 9.17) is 14.9 Å². The van der Waals surface area contributed by atoms with Gasteiger partial charge in [0.2, 0.25) is 0 Å². The minimum atomic E-state index is -1.02. The molecule has 0 aliphatic carbocycles. The maximum absolute atomic E-state index is 12.4. The average molecular weight is 540 g/mol. The topological polar surface area (TPSA) is 147 Å². The fourth-order valence-corrected chi connectivity index (χ4v) is 5.65. The first-order valence-corrected chi connectivity index (χ1v) is 12.8. The lowest BCUT2D eigenvalue weighted by Gasteiger charge is -2.08. The number of carbonyl (C=O) groups excluding carboxylic acids is 3. The summed E-state index contributed by atoms with van der Waals surface area (Å²) in [5.41, 5.74) is 0.533. The molecule has 2 aromatic carbocycles. The second-order valence-corrected chi connectivity index (χ2v) is 10.3. The predicted octanol–water partition coefficient (Wildman–Crippen LogP) is 5.23. The molecule has 0 bridgehead atoms. The van der Waals surface area contributed by atoms with Gasteiger partial charge in [-0.3, -0.25) is 24.0 Å². The third-order valence-electron chi connectivity index (χ3n) is 5.35. The zero-order valence-electron chi connectivity index (χ0n) is 19.3. The number of carboxylic acids is 2. The number of Topliss-reactive ketones (excluding diaryl/α,β-unsaturated/α-hetero) is 2. The van der Waals surface area contributed by atoms with Crippen LogP contribution >= 0.6 is 22.7 Å². The van der Waals surface area contributed by atoms with Crippen LogP contribution in [-0.2, 0) is 14.4 Å². The number of carbonyl (C=O) groups is 5. The van der Waals surface area contributed by atoms with E-state index in [2.05, 4.69) is 5.32 Å². The van der Waals surface area contributed by atoms with Gasteiger partial charge in [0.1, 0.15) is 5.75 Å². The number of rotatable bonds is 12. The van der Waals surface area contributed by atoms with Gasteiger partial charge < -0.3 is 20.3 Å². The first kappa shape index (κ1) is 26.0. The molecular weight excluding hydrogens is 518 g/mol. The number of hydrogen-bond donors (Lipinski definition) is 3. The van der Waals surface area contributed by atoms with Crippen LogP contribution in [0, 0.1) is 0 Å². The number of ketones is 2. The Morgan fingerprint density at radius 3 is 1.81 bits per heavy atom. The van der Waals surface area contributed by atoms with Gasteiger partial charge in [0.25, 0.3) is 5.91 Å². The molecule has 11 heteroatoms. The lowest BCUT2D eigenvalue weighted by Crippen LogP contribution is -2.20. The van der Waals surface area contributed by atoms with Crippen molar-refractivity contribution in [2.75, 3.05) is 11.9 Å². The van der Waals surface area contributed by atoms with Crippen LogP contribution in [0.4, 0.5) is 5.69 Å². The van der Waals surface area contributed by atoms with Crippen LogP contribution in [0.2, 0.25) is 0 Å². The summed E-state index contributed by atoms with van der Waals surface area (Å²) < 4.78 is 7.18. The van der Waals surface area contributed by atoms with E-state index >= 15 is 0 Å². The van der Waals surface area contributed by atoms with Crippen LogP contribution in [-0.4, -0.2) is 46.2 Å². The molecular formula is C26H21NO8S2. The summed E-state index contributed by atoms with van der Waals surface area (Å²) in [5.74, 6) is -2.44. The van der Waals surface area contributed by atoms with Gasteiger partial charge in [-0.2, -0.15) is 0 Å². The fourth-order valence-electron chi connectivity index (χ4n) is 3.52. The number of amides is 1. The molecule has 0 atom stereocenters. The van der Waals surface area contributed by atoms with Crippen molar-refractivity contribution in [1.29, 1.82) is 0 Å². The maximum Gasteiger partial charge on any atom is 0.303 e. The molecule has 4 rings (SSSR count). The zero-order chi connectivity index (χ0) is 26.5. The highest BCUT2D eigenvalue weighted by atomic mass is 32.1. The molecule has 2 heterocycles. The molecule has 0 fully saturated rings. The van der Waals surface area contributed by atoms with Crippen molar-refractivity contribution < 1.29 is 38.9 Å². The van der Waals surface area contributed by atoms with Crippen LogP contribution in [0.5, 0.6) is 5.75 Å². The quantitative estimate of drug-likeness (QED) is 0.207. The molecule has 0 spiro atoms. The van der Waals surface area contributed by atoms with Gasteiger partial charge in [0.15, 0.2) is 18.2 Å². The van der Waals surface area contributed by atoms with E-state index in [0.717, 1.165) is 20.2 Å². The summed E-state index contributed by atoms with van der Waals surface area (Å²) >= 11 is 2.48. The monoisotopic (exact) mass is 539 g/mol. The number of ether oxygens (including phenoxy) is 1. The van der Waals surface area contributed by atoms with Gasteiger partial charge >= 0.3 is 11.9 Å². The molecule has 0 saturated carbocycles. The van der Waals surface area contributed by atoms with Crippen molar-refractivity contribution in [1.82, 2.24) is 0 Å². The average Bonchev–Trinajstić information content (AvgIpc) is 3.48. The van der Waals surface area contributed by atoms with E-state index in [-0.39, 0.29) is 49.8 Å². The van der Waals surface area contributed by atoms with Crippen molar-refractivity contribution in [3.63, 3.8) is 0 Å². The summed E-state index contributed by atoms with van der Waals surface area (Å²) in [5, 5.41) is 21.9. The van der Waals surface area contributed by atoms with E-state index in [0.29, 0.717) is 21.2 Å². The van der Waals surface area contributed by atoms with E-state index < -0.39 is 11.9 Å². The number of aliphatic carboxylic acids is 2. The summed E-state index contributed by atoms with van der Waals surface area (Å²) in [4.78, 5) is 59.2. The molecule has 0 aliphatic heterocycles. The number of anilines is 1. The first-order valence-electron chi connectivity index (χ1n) is 11.2. The first-order chi connectivity index (χ1) is 17.7. The Hall–Kier alpha value is -4.09. The molecule has 37 heavy (non-hydrogen) atoms. The SMILES string of the molecule is O=C(O)CCC(=O)c1cc2ccc(NC(=O)COc3ccc4cc(C(=O)CCC(=O)O)sc4c3)cc2s1. The minimum Gasteiger partial charge on any atom is -0.484 e. The number of benzene rings is 2. The Bertz CT molecular complexity index is 1530. The van der Waals surface area contributed by atoms with E-state index in [1.807, 2.05) is 0 Å². The molecule has 3 N–H and O–H groups in total. The third-order valence-corrected chi connectivity index (χ3v) is 7.62. The van der Waals surface area contributed by atoms with Gasteiger partial charge in [0, 0.05) is 27.9 Å². The third kappa shape index (κ3) is 6.78. The highest BCUT2D eigenvalue weighted by Gasteiger charge is 2.14. The molecule has 0 saturated heterocycles. The molecule has 9 nitrogen and oxygen atoms in total. The van der Waals surface area contributed by atoms with Crippen molar-refractivity contribution >= 4 is 77.9 Å². The van der Waals surface area contributed by atoms with Gasteiger partial charge in [-0.1, -0.05) is 6.07 Å². The Kier molecular flexibility index (Phi) is 7.95. The molecule has 0 unspecified atom stereocenters. The van der Waals surface area contributed by atoms with Crippen molar-refractivity contribution in [2.24, 2.45) is 0 Å². The number of carboxylic acid groups (broad SMARTS) is 2. The van der Waals surface area contributed by atoms with Crippen LogP contribution in [0.1, 0.15) is 45.0 Å². The lowest BCUT2D eigenvalue weighted by atomic mass is 10.1. The van der Waals surface area contributed by atoms with Crippen molar-refractivity contribution in [3.05, 3.63) is 58.3 Å². The van der Waals surface area contributed by atoms with Gasteiger partial charge in [-0.25, -0.2) is 0 Å². The van der Waals surface area contributed by atoms with Crippen LogP contribution in [0.25, 0.3) is 20.2 Å². The van der Waals surface area contributed by atoms with Gasteiger partial charge in [-0.05, 0) is 53.2 Å². The highest BCUT2D eigenvalue weighted by Crippen LogP contribution is 2.31. The van der Waals surface area contributed by atoms with Crippen molar-refractivity contribution in [3.8, 4) is 5.75 Å². The Balaban J connectivity index is 1.35. The lowest BCUT2D eigenvalue weighted by molar-refractivity contribution is -0.137. The molecule has 0 radical (unpaired) electrons. The Morgan fingerprint density at radius 2 is 1.24 bits per heavy atom. The molecule has 2 aromatic heterocycles. The summed E-state index contributed by atoms with van der Waals surface area (Å²) in [6, 6.07) is 13.8. The second-order valence-electron chi connectivity index (χ2n) is 8.14. The van der Waals surface area contributed by atoms with E-state index in [1.54, 1.807) is 48.5 Å². The normalized spacial score (nSPS) is 10.9. The molecule has 0 aliphatic rings. The minimum absolute atomic E-state index is 0.0642. The number of nitrogens with one attached hydrogen (secondary N) is 1. The number of thiophene rings is 2. The largest absolute Gasteiger partial charge is 0.484 e. The Labute approximate surface area is 218 Å². The van der Waals surface area contributed by atoms with Crippen LogP contribution < -0.4 is 10.1 Å². The molecule has 1 amide bonds. The van der Waals surface area contributed by atoms with Crippen molar-refractivity contribution in [2.45, 2.75) is 25.7 Å². The smallest absolute Gasteiger partial charge is 0.303 e. The second kappa shape index (κ2) is 11.3. The van der Waals surface area contributed by atoms with Gasteiger partial charge in [0.05, 0.1) is 22.6 Å². The standard InChI is InChI=1S/C26H21NO8S2/c28-18(5-7-25(31)32)22-9-14-1-3-16(11-20(14)36-22)27-24(30)13-35-17-4-2-15-10-23(37-21(15)12-17)19(29)6-8-26(33)34/h1-4,9-12H,5-8,13H2,(H,27,30)(H,31,32)(H,33,34). The Morgan fingerprint density at radius 1 is 0.703 bits per heavy atom. The zero-order valence-corrected chi connectivity index (χ0v) is 20.9. The molecule has 190 valence electrons. The summed E-state index contributed by atoms with van der Waals surface area (Å²) in [6.45, 7) is -0.247. The van der Waals surface area contributed by atoms with E-state index in [1.165, 1.54) is 22.7 Å². The maximum atomic E-state index is 12.4. The number of fused-ring (bicyclic) bond motifs is 2. The summed E-state index contributed by atoms with van der Waals surface area (Å²) in [7, 11) is 0. The summed E-state index contributed by atoms with van der Waals surface area (Å²) in [6.07, 6.45) is -0.573.